The summed E-state index contributed by atoms with van der Waals surface area (Å²) >= 11 is 3.27. The Labute approximate surface area is 190 Å². The first kappa shape index (κ1) is 21.6. The molecule has 0 fully saturated rings. The van der Waals surface area contributed by atoms with E-state index in [4.69, 9.17) is 4.74 Å². The second-order valence-electron chi connectivity index (χ2n) is 7.06. The van der Waals surface area contributed by atoms with Gasteiger partial charge in [-0.3, -0.25) is 14.4 Å². The minimum Gasteiger partial charge on any atom is -0.453 e. The Morgan fingerprint density at radius 2 is 1.59 bits per heavy atom. The molecule has 4 rings (SSSR count). The molecule has 1 aliphatic rings. The summed E-state index contributed by atoms with van der Waals surface area (Å²) in [6, 6.07) is 17.8. The van der Waals surface area contributed by atoms with Gasteiger partial charge in [-0.2, -0.15) is 0 Å². The lowest BCUT2D eigenvalue weighted by Crippen LogP contribution is -2.38. The smallest absolute Gasteiger partial charge is 0.339 e. The number of hydrogen-bond acceptors (Lipinski definition) is 5. The fourth-order valence-electron chi connectivity index (χ4n) is 3.51. The van der Waals surface area contributed by atoms with Crippen molar-refractivity contribution in [1.82, 2.24) is 0 Å². The summed E-state index contributed by atoms with van der Waals surface area (Å²) in [7, 11) is 0. The molecular formula is C24H15BrFNO5. The molecule has 2 atom stereocenters. The predicted octanol–water partition coefficient (Wildman–Crippen LogP) is 4.51. The van der Waals surface area contributed by atoms with E-state index in [1.54, 1.807) is 36.4 Å². The minimum absolute atomic E-state index is 0.185. The molecule has 8 heteroatoms. The molecule has 0 aliphatic carbocycles. The highest BCUT2D eigenvalue weighted by Crippen LogP contribution is 2.38. The van der Waals surface area contributed by atoms with Crippen molar-refractivity contribution in [3.63, 3.8) is 0 Å². The molecule has 0 unspecified atom stereocenters. The van der Waals surface area contributed by atoms with Crippen LogP contribution in [0.1, 0.15) is 32.4 Å². The molecule has 3 aromatic rings. The third kappa shape index (κ3) is 4.09. The van der Waals surface area contributed by atoms with E-state index in [0.717, 1.165) is 10.5 Å². The zero-order valence-electron chi connectivity index (χ0n) is 16.4. The van der Waals surface area contributed by atoms with Crippen LogP contribution in [0.2, 0.25) is 0 Å². The van der Waals surface area contributed by atoms with E-state index >= 15 is 0 Å². The first-order valence-electron chi connectivity index (χ1n) is 9.56. The maximum atomic E-state index is 14.4. The van der Waals surface area contributed by atoms with Gasteiger partial charge in [0.05, 0.1) is 11.1 Å². The number of rotatable bonds is 6. The Hall–Kier alpha value is -3.65. The lowest BCUT2D eigenvalue weighted by Gasteiger charge is -2.21. The maximum Gasteiger partial charge on any atom is 0.339 e. The number of halogens is 2. The van der Waals surface area contributed by atoms with Crippen molar-refractivity contribution >= 4 is 45.1 Å². The molecular weight excluding hydrogens is 481 g/mol. The molecule has 32 heavy (non-hydrogen) atoms. The summed E-state index contributed by atoms with van der Waals surface area (Å²) in [5, 5.41) is 2.43. The van der Waals surface area contributed by atoms with Crippen LogP contribution < -0.4 is 5.32 Å². The molecule has 0 saturated carbocycles. The topological polar surface area (TPSA) is 89.5 Å². The summed E-state index contributed by atoms with van der Waals surface area (Å²) in [6.45, 7) is 0. The largest absolute Gasteiger partial charge is 0.453 e. The van der Waals surface area contributed by atoms with Crippen LogP contribution in [0.15, 0.2) is 77.3 Å². The molecule has 0 spiro atoms. The van der Waals surface area contributed by atoms with E-state index in [1.807, 2.05) is 0 Å². The summed E-state index contributed by atoms with van der Waals surface area (Å²) < 4.78 is 20.5. The van der Waals surface area contributed by atoms with Crippen LogP contribution >= 0.6 is 15.9 Å². The van der Waals surface area contributed by atoms with E-state index in [1.165, 1.54) is 30.3 Å². The highest BCUT2D eigenvalue weighted by Gasteiger charge is 2.46. The number of cyclic esters (lactones) is 1. The van der Waals surface area contributed by atoms with Gasteiger partial charge in [0.2, 0.25) is 5.78 Å². The van der Waals surface area contributed by atoms with Gasteiger partial charge in [-0.05, 0) is 42.5 Å². The van der Waals surface area contributed by atoms with Crippen LogP contribution in [0.3, 0.4) is 0 Å². The average molecular weight is 496 g/mol. The van der Waals surface area contributed by atoms with E-state index in [0.29, 0.717) is 5.69 Å². The predicted molar refractivity (Wildman–Crippen MR) is 117 cm³/mol. The Morgan fingerprint density at radius 1 is 0.938 bits per heavy atom. The zero-order chi connectivity index (χ0) is 22.8. The van der Waals surface area contributed by atoms with Gasteiger partial charge >= 0.3 is 5.97 Å². The molecule has 1 heterocycles. The highest BCUT2D eigenvalue weighted by molar-refractivity contribution is 9.10. The number of ether oxygens (including phenoxy) is 1. The third-order valence-corrected chi connectivity index (χ3v) is 5.58. The molecule has 3 aromatic carbocycles. The van der Waals surface area contributed by atoms with Crippen LogP contribution in [0.5, 0.6) is 0 Å². The van der Waals surface area contributed by atoms with E-state index in [2.05, 4.69) is 21.2 Å². The van der Waals surface area contributed by atoms with Gasteiger partial charge in [0.15, 0.2) is 5.78 Å². The molecule has 0 aromatic heterocycles. The number of amides is 1. The Balaban J connectivity index is 1.72. The molecule has 1 amide bonds. The van der Waals surface area contributed by atoms with Gasteiger partial charge in [0.1, 0.15) is 17.8 Å². The van der Waals surface area contributed by atoms with Crippen molar-refractivity contribution in [3.05, 3.63) is 99.8 Å². The Bertz CT molecular complexity index is 1240. The summed E-state index contributed by atoms with van der Waals surface area (Å²) in [4.78, 5) is 51.5. The lowest BCUT2D eigenvalue weighted by atomic mass is 9.84. The number of Topliss-reactive ketones (excluding diaryl/α,β-unsaturated/α-hetero) is 2. The van der Waals surface area contributed by atoms with E-state index < -0.39 is 41.3 Å². The fourth-order valence-corrected chi connectivity index (χ4v) is 3.77. The number of hydrogen-bond donors (Lipinski definition) is 1. The van der Waals surface area contributed by atoms with Gasteiger partial charge in [-0.15, -0.1) is 0 Å². The van der Waals surface area contributed by atoms with Crippen molar-refractivity contribution in [2.75, 3.05) is 5.32 Å². The Kier molecular flexibility index (Phi) is 5.96. The number of carbonyl (C=O) groups excluding carboxylic acids is 4. The number of nitrogens with one attached hydrogen (secondary N) is 1. The van der Waals surface area contributed by atoms with Crippen molar-refractivity contribution in [2.45, 2.75) is 6.10 Å². The summed E-state index contributed by atoms with van der Waals surface area (Å²) in [6.07, 6.45) is -1.35. The van der Waals surface area contributed by atoms with Gasteiger partial charge in [0.25, 0.3) is 5.91 Å². The monoisotopic (exact) mass is 495 g/mol. The highest BCUT2D eigenvalue weighted by atomic mass is 79.9. The molecule has 6 nitrogen and oxygen atoms in total. The number of anilines is 1. The van der Waals surface area contributed by atoms with Crippen molar-refractivity contribution in [1.29, 1.82) is 0 Å². The van der Waals surface area contributed by atoms with Gasteiger partial charge < -0.3 is 10.1 Å². The normalized spacial score (nSPS) is 15.4. The SMILES string of the molecule is O=C(Nc1ccc(Br)cc1)C(=O)[C@@H](C(=O)c1ccccc1F)[C@@H]1OC(=O)c2ccccc21. The van der Waals surface area contributed by atoms with Gasteiger partial charge in [-0.1, -0.05) is 46.3 Å². The number of esters is 1. The number of benzene rings is 3. The first-order chi connectivity index (χ1) is 15.4. The first-order valence-corrected chi connectivity index (χ1v) is 10.4. The van der Waals surface area contributed by atoms with E-state index in [-0.39, 0.29) is 16.7 Å². The Morgan fingerprint density at radius 3 is 2.31 bits per heavy atom. The van der Waals surface area contributed by atoms with Crippen LogP contribution in [0, 0.1) is 11.7 Å². The molecule has 160 valence electrons. The fraction of sp³-hybridized carbons (Fsp3) is 0.0833. The van der Waals surface area contributed by atoms with Crippen LogP contribution in [0.4, 0.5) is 10.1 Å². The zero-order valence-corrected chi connectivity index (χ0v) is 18.0. The van der Waals surface area contributed by atoms with Crippen LogP contribution in [-0.2, 0) is 14.3 Å². The van der Waals surface area contributed by atoms with Crippen molar-refractivity contribution in [2.24, 2.45) is 5.92 Å². The standard InChI is InChI=1S/C24H15BrFNO5/c25-13-9-11-14(12-10-13)27-23(30)21(29)19(20(28)17-7-3-4-8-18(17)26)22-15-5-1-2-6-16(15)24(31)32-22/h1-12,19,22H,(H,27,30)/t19-,22-/m1/s1. The second kappa shape index (κ2) is 8.84. The maximum absolute atomic E-state index is 14.4. The number of fused-ring (bicyclic) bond motifs is 1. The van der Waals surface area contributed by atoms with Crippen molar-refractivity contribution in [3.8, 4) is 0 Å². The lowest BCUT2D eigenvalue weighted by molar-refractivity contribution is -0.138. The van der Waals surface area contributed by atoms with Crippen LogP contribution in [-0.4, -0.2) is 23.4 Å². The van der Waals surface area contributed by atoms with Gasteiger partial charge in [-0.25, -0.2) is 9.18 Å². The molecule has 0 radical (unpaired) electrons. The second-order valence-corrected chi connectivity index (χ2v) is 7.98. The summed E-state index contributed by atoms with van der Waals surface area (Å²) in [5.41, 5.74) is 0.428. The molecule has 1 N–H and O–H groups in total. The minimum atomic E-state index is -1.75. The number of ketones is 2. The third-order valence-electron chi connectivity index (χ3n) is 5.05. The van der Waals surface area contributed by atoms with Crippen LogP contribution in [0.25, 0.3) is 0 Å². The summed E-state index contributed by atoms with van der Waals surface area (Å²) in [5.74, 6) is -6.50. The molecule has 1 aliphatic heterocycles. The molecule has 0 bridgehead atoms. The molecule has 0 saturated heterocycles. The number of carbonyl (C=O) groups is 4. The average Bonchev–Trinajstić information content (AvgIpc) is 3.12. The van der Waals surface area contributed by atoms with Crippen molar-refractivity contribution < 1.29 is 28.3 Å². The van der Waals surface area contributed by atoms with Gasteiger partial charge in [0, 0.05) is 15.7 Å². The quantitative estimate of drug-likeness (QED) is 0.235. The van der Waals surface area contributed by atoms with E-state index in [9.17, 15) is 23.6 Å².